The van der Waals surface area contributed by atoms with E-state index >= 15 is 0 Å². The lowest BCUT2D eigenvalue weighted by molar-refractivity contribution is 0.0982. The van der Waals surface area contributed by atoms with Crippen molar-refractivity contribution in [2.75, 3.05) is 18.1 Å². The van der Waals surface area contributed by atoms with E-state index in [0.29, 0.717) is 12.3 Å². The molecule has 0 bridgehead atoms. The second-order valence-electron chi connectivity index (χ2n) is 4.26. The molecule has 1 N–H and O–H groups in total. The summed E-state index contributed by atoms with van der Waals surface area (Å²) in [5, 5.41) is 8.86. The molecule has 1 rings (SSSR count). The van der Waals surface area contributed by atoms with E-state index in [1.165, 1.54) is 0 Å². The van der Waals surface area contributed by atoms with E-state index in [2.05, 4.69) is 0 Å². The highest BCUT2D eigenvalue weighted by Crippen LogP contribution is 2.12. The number of rotatable bonds is 8. The summed E-state index contributed by atoms with van der Waals surface area (Å²) in [6, 6.07) is 9.44. The van der Waals surface area contributed by atoms with E-state index in [1.54, 1.807) is 0 Å². The molecule has 0 spiro atoms. The largest absolute Gasteiger partial charge is 0.396 e. The van der Waals surface area contributed by atoms with Gasteiger partial charge in [0.2, 0.25) is 0 Å². The first-order valence-electron chi connectivity index (χ1n) is 6.01. The molecular formula is C14H20O2S. The van der Waals surface area contributed by atoms with Gasteiger partial charge in [0, 0.05) is 18.6 Å². The van der Waals surface area contributed by atoms with Crippen LogP contribution >= 0.6 is 11.8 Å². The molecule has 0 saturated heterocycles. The van der Waals surface area contributed by atoms with Gasteiger partial charge in [0.05, 0.1) is 0 Å². The van der Waals surface area contributed by atoms with Gasteiger partial charge in [0.1, 0.15) is 0 Å². The summed E-state index contributed by atoms with van der Waals surface area (Å²) in [5.74, 6) is 2.53. The first-order valence-corrected chi connectivity index (χ1v) is 7.16. The van der Waals surface area contributed by atoms with E-state index in [4.69, 9.17) is 5.11 Å². The third kappa shape index (κ3) is 5.89. The minimum absolute atomic E-state index is 0.224. The predicted octanol–water partition coefficient (Wildman–Crippen LogP) is 3.01. The Kier molecular flexibility index (Phi) is 6.97. The van der Waals surface area contributed by atoms with Gasteiger partial charge in [-0.15, -0.1) is 0 Å². The smallest absolute Gasteiger partial charge is 0.162 e. The molecule has 0 radical (unpaired) electrons. The summed E-state index contributed by atoms with van der Waals surface area (Å²) in [4.78, 5) is 11.7. The highest BCUT2D eigenvalue weighted by Gasteiger charge is 2.05. The Labute approximate surface area is 107 Å². The third-order valence-electron chi connectivity index (χ3n) is 2.50. The van der Waals surface area contributed by atoms with Crippen molar-refractivity contribution in [1.82, 2.24) is 0 Å². The zero-order valence-electron chi connectivity index (χ0n) is 10.3. The Morgan fingerprint density at radius 2 is 2.06 bits per heavy atom. The van der Waals surface area contributed by atoms with Gasteiger partial charge < -0.3 is 5.11 Å². The Hall–Kier alpha value is -0.800. The van der Waals surface area contributed by atoms with Crippen molar-refractivity contribution < 1.29 is 9.90 Å². The van der Waals surface area contributed by atoms with Gasteiger partial charge in [-0.25, -0.2) is 0 Å². The average molecular weight is 252 g/mol. The molecule has 1 aromatic carbocycles. The standard InChI is InChI=1S/C14H20O2S/c1-12(10-15)11-17-9-5-8-14(16)13-6-3-2-4-7-13/h2-4,6-7,12,15H,5,8-11H2,1H3. The maximum atomic E-state index is 11.7. The summed E-state index contributed by atoms with van der Waals surface area (Å²) in [6.07, 6.45) is 1.53. The van der Waals surface area contributed by atoms with E-state index in [0.717, 1.165) is 23.5 Å². The van der Waals surface area contributed by atoms with Crippen LogP contribution < -0.4 is 0 Å². The molecule has 1 aromatic rings. The molecule has 0 saturated carbocycles. The number of carbonyl (C=O) groups excluding carboxylic acids is 1. The van der Waals surface area contributed by atoms with Crippen molar-refractivity contribution >= 4 is 17.5 Å². The van der Waals surface area contributed by atoms with E-state index in [1.807, 2.05) is 49.0 Å². The van der Waals surface area contributed by atoms with Gasteiger partial charge in [-0.3, -0.25) is 4.79 Å². The van der Waals surface area contributed by atoms with Crippen LogP contribution in [0.5, 0.6) is 0 Å². The molecule has 2 nitrogen and oxygen atoms in total. The van der Waals surface area contributed by atoms with Crippen LogP contribution in [0.25, 0.3) is 0 Å². The van der Waals surface area contributed by atoms with E-state index in [9.17, 15) is 4.79 Å². The van der Waals surface area contributed by atoms with Crippen LogP contribution in [0.1, 0.15) is 30.1 Å². The van der Waals surface area contributed by atoms with Crippen molar-refractivity contribution in [3.8, 4) is 0 Å². The number of aliphatic hydroxyl groups is 1. The minimum Gasteiger partial charge on any atom is -0.396 e. The molecule has 0 amide bonds. The molecule has 0 aliphatic heterocycles. The second-order valence-corrected chi connectivity index (χ2v) is 5.41. The molecule has 17 heavy (non-hydrogen) atoms. The molecule has 0 aliphatic rings. The van der Waals surface area contributed by atoms with Crippen molar-refractivity contribution in [3.63, 3.8) is 0 Å². The van der Waals surface area contributed by atoms with Gasteiger partial charge in [-0.2, -0.15) is 11.8 Å². The average Bonchev–Trinajstić information content (AvgIpc) is 2.38. The van der Waals surface area contributed by atoms with Crippen molar-refractivity contribution in [3.05, 3.63) is 35.9 Å². The minimum atomic E-state index is 0.224. The molecule has 3 heteroatoms. The van der Waals surface area contributed by atoms with E-state index < -0.39 is 0 Å². The van der Waals surface area contributed by atoms with Crippen LogP contribution in [0.2, 0.25) is 0 Å². The number of benzene rings is 1. The number of Topliss-reactive ketones (excluding diaryl/α,β-unsaturated/α-hetero) is 1. The predicted molar refractivity (Wildman–Crippen MR) is 73.6 cm³/mol. The quantitative estimate of drug-likeness (QED) is 0.571. The Balaban J connectivity index is 2.13. The summed E-state index contributed by atoms with van der Waals surface area (Å²) in [6.45, 7) is 2.28. The summed E-state index contributed by atoms with van der Waals surface area (Å²) < 4.78 is 0. The lowest BCUT2D eigenvalue weighted by atomic mass is 10.1. The lowest BCUT2D eigenvalue weighted by Gasteiger charge is -2.06. The van der Waals surface area contributed by atoms with Crippen LogP contribution in [-0.4, -0.2) is 29.0 Å². The molecular weight excluding hydrogens is 232 g/mol. The molecule has 94 valence electrons. The van der Waals surface area contributed by atoms with Gasteiger partial charge in [0.15, 0.2) is 5.78 Å². The normalized spacial score (nSPS) is 12.4. The monoisotopic (exact) mass is 252 g/mol. The highest BCUT2D eigenvalue weighted by atomic mass is 32.2. The first-order chi connectivity index (χ1) is 8.24. The SMILES string of the molecule is CC(CO)CSCCCC(=O)c1ccccc1. The topological polar surface area (TPSA) is 37.3 Å². The molecule has 0 aliphatic carbocycles. The van der Waals surface area contributed by atoms with Crippen LogP contribution in [0.4, 0.5) is 0 Å². The van der Waals surface area contributed by atoms with Gasteiger partial charge >= 0.3 is 0 Å². The summed E-state index contributed by atoms with van der Waals surface area (Å²) in [7, 11) is 0. The van der Waals surface area contributed by atoms with Crippen molar-refractivity contribution in [2.24, 2.45) is 5.92 Å². The number of hydrogen-bond donors (Lipinski definition) is 1. The van der Waals surface area contributed by atoms with Crippen LogP contribution in [0.3, 0.4) is 0 Å². The maximum Gasteiger partial charge on any atom is 0.162 e. The second kappa shape index (κ2) is 8.31. The molecule has 0 aromatic heterocycles. The number of hydrogen-bond acceptors (Lipinski definition) is 3. The van der Waals surface area contributed by atoms with Gasteiger partial charge in [-0.1, -0.05) is 37.3 Å². The van der Waals surface area contributed by atoms with Crippen LogP contribution in [-0.2, 0) is 0 Å². The molecule has 1 atom stereocenters. The molecule has 1 unspecified atom stereocenters. The number of ketones is 1. The first kappa shape index (κ1) is 14.3. The zero-order chi connectivity index (χ0) is 12.5. The highest BCUT2D eigenvalue weighted by molar-refractivity contribution is 7.99. The third-order valence-corrected chi connectivity index (χ3v) is 3.88. The van der Waals surface area contributed by atoms with Crippen LogP contribution in [0.15, 0.2) is 30.3 Å². The van der Waals surface area contributed by atoms with E-state index in [-0.39, 0.29) is 12.4 Å². The number of aliphatic hydroxyl groups excluding tert-OH is 1. The lowest BCUT2D eigenvalue weighted by Crippen LogP contribution is -2.04. The van der Waals surface area contributed by atoms with Gasteiger partial charge in [0.25, 0.3) is 0 Å². The summed E-state index contributed by atoms with van der Waals surface area (Å²) in [5.41, 5.74) is 0.807. The Bertz CT molecular complexity index is 324. The Morgan fingerprint density at radius 3 is 2.71 bits per heavy atom. The fourth-order valence-electron chi connectivity index (χ4n) is 1.44. The number of carbonyl (C=O) groups is 1. The van der Waals surface area contributed by atoms with Gasteiger partial charge in [-0.05, 0) is 23.8 Å². The molecule has 0 heterocycles. The fourth-order valence-corrected chi connectivity index (χ4v) is 2.46. The maximum absolute atomic E-state index is 11.7. The van der Waals surface area contributed by atoms with Crippen molar-refractivity contribution in [1.29, 1.82) is 0 Å². The van der Waals surface area contributed by atoms with Crippen molar-refractivity contribution in [2.45, 2.75) is 19.8 Å². The Morgan fingerprint density at radius 1 is 1.35 bits per heavy atom. The summed E-state index contributed by atoms with van der Waals surface area (Å²) >= 11 is 1.81. The molecule has 0 fully saturated rings. The fraction of sp³-hybridized carbons (Fsp3) is 0.500. The van der Waals surface area contributed by atoms with Crippen LogP contribution in [0, 0.1) is 5.92 Å². The zero-order valence-corrected chi connectivity index (χ0v) is 11.1. The number of thioether (sulfide) groups is 1.